The van der Waals surface area contributed by atoms with E-state index < -0.39 is 11.9 Å². The maximum atomic E-state index is 11.0. The maximum Gasteiger partial charge on any atom is 0.240 e. The number of rotatable bonds is 6. The first-order chi connectivity index (χ1) is 6.47. The van der Waals surface area contributed by atoms with Gasteiger partial charge in [0.2, 0.25) is 11.8 Å². The van der Waals surface area contributed by atoms with E-state index in [1.165, 1.54) is 6.92 Å². The second kappa shape index (κ2) is 6.12. The Bertz CT molecular complexity index is 238. The van der Waals surface area contributed by atoms with Crippen molar-refractivity contribution in [3.8, 4) is 0 Å². The van der Waals surface area contributed by atoms with Crippen LogP contribution in [0.5, 0.6) is 0 Å². The summed E-state index contributed by atoms with van der Waals surface area (Å²) < 4.78 is 0. The molecule has 0 aromatic heterocycles. The van der Waals surface area contributed by atoms with Gasteiger partial charge < -0.3 is 15.8 Å². The lowest BCUT2D eigenvalue weighted by Crippen LogP contribution is -2.44. The minimum atomic E-state index is -0.730. The van der Waals surface area contributed by atoms with Crippen LogP contribution < -0.4 is 11.1 Å². The molecular formula is C9H16N2O3. The molecule has 1 atom stereocenters. The largest absolute Gasteiger partial charge is 0.368 e. The van der Waals surface area contributed by atoms with Gasteiger partial charge in [-0.2, -0.15) is 0 Å². The van der Waals surface area contributed by atoms with Gasteiger partial charge in [-0.1, -0.05) is 6.92 Å². The number of amides is 2. The summed E-state index contributed by atoms with van der Waals surface area (Å²) in [6.07, 6.45) is 0.817. The number of hydrogen-bond donors (Lipinski definition) is 2. The van der Waals surface area contributed by atoms with E-state index >= 15 is 0 Å². The molecule has 5 nitrogen and oxygen atoms in total. The zero-order chi connectivity index (χ0) is 11.1. The molecule has 0 spiro atoms. The topological polar surface area (TPSA) is 89.3 Å². The summed E-state index contributed by atoms with van der Waals surface area (Å²) in [6.45, 7) is 3.11. The third kappa shape index (κ3) is 5.29. The molecule has 0 saturated heterocycles. The van der Waals surface area contributed by atoms with Crippen LogP contribution in [0.3, 0.4) is 0 Å². The van der Waals surface area contributed by atoms with Crippen LogP contribution in [0.25, 0.3) is 0 Å². The van der Waals surface area contributed by atoms with Crippen molar-refractivity contribution in [3.63, 3.8) is 0 Å². The fraction of sp³-hybridized carbons (Fsp3) is 0.667. The Labute approximate surface area is 83.0 Å². The highest BCUT2D eigenvalue weighted by molar-refractivity contribution is 5.87. The lowest BCUT2D eigenvalue weighted by molar-refractivity contribution is -0.127. The fourth-order valence-electron chi connectivity index (χ4n) is 0.930. The van der Waals surface area contributed by atoms with Gasteiger partial charge in [0.15, 0.2) is 0 Å². The highest BCUT2D eigenvalue weighted by atomic mass is 16.2. The van der Waals surface area contributed by atoms with Crippen LogP contribution >= 0.6 is 0 Å². The normalized spacial score (nSPS) is 11.9. The van der Waals surface area contributed by atoms with Crippen LogP contribution in [-0.4, -0.2) is 23.6 Å². The Morgan fingerprint density at radius 2 is 1.93 bits per heavy atom. The van der Waals surface area contributed by atoms with E-state index in [1.807, 2.05) is 0 Å². The molecule has 0 bridgehead atoms. The van der Waals surface area contributed by atoms with Crippen molar-refractivity contribution in [2.45, 2.75) is 39.2 Å². The molecule has 0 aliphatic rings. The van der Waals surface area contributed by atoms with E-state index in [0.717, 1.165) is 0 Å². The molecule has 0 fully saturated rings. The van der Waals surface area contributed by atoms with E-state index in [-0.39, 0.29) is 24.5 Å². The Hall–Kier alpha value is -1.39. The summed E-state index contributed by atoms with van der Waals surface area (Å²) in [5, 5.41) is 2.46. The molecule has 0 rings (SSSR count). The van der Waals surface area contributed by atoms with E-state index in [1.54, 1.807) is 6.92 Å². The number of primary amides is 1. The molecule has 0 radical (unpaired) electrons. The highest BCUT2D eigenvalue weighted by Gasteiger charge is 2.17. The molecule has 0 aromatic rings. The quantitative estimate of drug-likeness (QED) is 0.618. The molecule has 0 aromatic carbocycles. The molecular weight excluding hydrogens is 184 g/mol. The average molecular weight is 200 g/mol. The molecule has 0 aliphatic carbocycles. The van der Waals surface area contributed by atoms with Crippen LogP contribution in [0.4, 0.5) is 0 Å². The molecule has 3 N–H and O–H groups in total. The van der Waals surface area contributed by atoms with E-state index in [4.69, 9.17) is 5.73 Å². The number of carbonyl (C=O) groups excluding carboxylic acids is 3. The molecule has 0 saturated carbocycles. The SMILES string of the molecule is CCC(=O)N[C@@H](CCC(C)=O)C(N)=O. The monoisotopic (exact) mass is 200 g/mol. The smallest absolute Gasteiger partial charge is 0.240 e. The minimum Gasteiger partial charge on any atom is -0.368 e. The van der Waals surface area contributed by atoms with Gasteiger partial charge in [-0.3, -0.25) is 9.59 Å². The van der Waals surface area contributed by atoms with Crippen molar-refractivity contribution < 1.29 is 14.4 Å². The zero-order valence-electron chi connectivity index (χ0n) is 8.50. The van der Waals surface area contributed by atoms with E-state index in [2.05, 4.69) is 5.32 Å². The number of Topliss-reactive ketones (excluding diaryl/α,β-unsaturated/α-hetero) is 1. The van der Waals surface area contributed by atoms with Crippen molar-refractivity contribution >= 4 is 17.6 Å². The average Bonchev–Trinajstić information content (AvgIpc) is 2.10. The lowest BCUT2D eigenvalue weighted by Gasteiger charge is -2.13. The summed E-state index contributed by atoms with van der Waals surface area (Å²) in [4.78, 5) is 32.5. The minimum absolute atomic E-state index is 0.0259. The number of nitrogens with two attached hydrogens (primary N) is 1. The van der Waals surface area contributed by atoms with Crippen molar-refractivity contribution in [2.24, 2.45) is 5.73 Å². The molecule has 5 heteroatoms. The number of nitrogens with one attached hydrogen (secondary N) is 1. The van der Waals surface area contributed by atoms with Gasteiger partial charge in [-0.15, -0.1) is 0 Å². The molecule has 0 aliphatic heterocycles. The fourth-order valence-corrected chi connectivity index (χ4v) is 0.930. The second-order valence-electron chi connectivity index (χ2n) is 3.12. The Morgan fingerprint density at radius 3 is 2.29 bits per heavy atom. The van der Waals surface area contributed by atoms with Crippen molar-refractivity contribution in [1.82, 2.24) is 5.32 Å². The molecule has 14 heavy (non-hydrogen) atoms. The van der Waals surface area contributed by atoms with Gasteiger partial charge in [0, 0.05) is 12.8 Å². The van der Waals surface area contributed by atoms with Crippen molar-refractivity contribution in [2.75, 3.05) is 0 Å². The first-order valence-electron chi connectivity index (χ1n) is 4.55. The molecule has 0 unspecified atom stereocenters. The van der Waals surface area contributed by atoms with Gasteiger partial charge in [0.1, 0.15) is 11.8 Å². The Kier molecular flexibility index (Phi) is 5.52. The summed E-state index contributed by atoms with van der Waals surface area (Å²) in [5.41, 5.74) is 5.06. The van der Waals surface area contributed by atoms with E-state index in [9.17, 15) is 14.4 Å². The van der Waals surface area contributed by atoms with Gasteiger partial charge in [0.05, 0.1) is 0 Å². The van der Waals surface area contributed by atoms with Gasteiger partial charge in [-0.25, -0.2) is 0 Å². The lowest BCUT2D eigenvalue weighted by atomic mass is 10.1. The third-order valence-electron chi connectivity index (χ3n) is 1.78. The van der Waals surface area contributed by atoms with Crippen LogP contribution in [0.15, 0.2) is 0 Å². The number of ketones is 1. The molecule has 0 heterocycles. The zero-order valence-corrected chi connectivity index (χ0v) is 8.50. The Balaban J connectivity index is 4.09. The number of carbonyl (C=O) groups is 3. The predicted molar refractivity (Wildman–Crippen MR) is 51.3 cm³/mol. The van der Waals surface area contributed by atoms with E-state index in [0.29, 0.717) is 6.42 Å². The maximum absolute atomic E-state index is 11.0. The standard InChI is InChI=1S/C9H16N2O3/c1-3-8(13)11-7(9(10)14)5-4-6(2)12/h7H,3-5H2,1-2H3,(H2,10,14)(H,11,13)/t7-/m0/s1. The van der Waals surface area contributed by atoms with Crippen LogP contribution in [-0.2, 0) is 14.4 Å². The van der Waals surface area contributed by atoms with Crippen LogP contribution in [0, 0.1) is 0 Å². The van der Waals surface area contributed by atoms with Gasteiger partial charge in [-0.05, 0) is 13.3 Å². The highest BCUT2D eigenvalue weighted by Crippen LogP contribution is 1.98. The summed E-state index contributed by atoms with van der Waals surface area (Å²) in [7, 11) is 0. The molecule has 80 valence electrons. The molecule has 2 amide bonds. The summed E-state index contributed by atoms with van der Waals surface area (Å²) >= 11 is 0. The van der Waals surface area contributed by atoms with Crippen molar-refractivity contribution in [1.29, 1.82) is 0 Å². The van der Waals surface area contributed by atoms with Gasteiger partial charge in [0.25, 0.3) is 0 Å². The van der Waals surface area contributed by atoms with Crippen molar-refractivity contribution in [3.05, 3.63) is 0 Å². The summed E-state index contributed by atoms with van der Waals surface area (Å²) in [5.74, 6) is -0.868. The second-order valence-corrected chi connectivity index (χ2v) is 3.12. The predicted octanol–water partition coefficient (Wildman–Crippen LogP) is -0.264. The van der Waals surface area contributed by atoms with Gasteiger partial charge >= 0.3 is 0 Å². The first kappa shape index (κ1) is 12.6. The van der Waals surface area contributed by atoms with Crippen LogP contribution in [0.2, 0.25) is 0 Å². The third-order valence-corrected chi connectivity index (χ3v) is 1.78. The summed E-state index contributed by atoms with van der Waals surface area (Å²) in [6, 6.07) is -0.730. The first-order valence-corrected chi connectivity index (χ1v) is 4.55. The number of hydrogen-bond acceptors (Lipinski definition) is 3. The van der Waals surface area contributed by atoms with Crippen LogP contribution in [0.1, 0.15) is 33.1 Å². The Morgan fingerprint density at radius 1 is 1.36 bits per heavy atom.